The molecule has 0 aliphatic rings. The summed E-state index contributed by atoms with van der Waals surface area (Å²) in [6.07, 6.45) is 4.37. The molecule has 0 aliphatic carbocycles. The van der Waals surface area contributed by atoms with E-state index in [0.29, 0.717) is 18.7 Å². The molecule has 1 aromatic rings. The predicted molar refractivity (Wildman–Crippen MR) is 80.3 cm³/mol. The van der Waals surface area contributed by atoms with Crippen molar-refractivity contribution < 1.29 is 12.6 Å². The maximum atomic E-state index is 12.2. The Morgan fingerprint density at radius 2 is 2.20 bits per heavy atom. The van der Waals surface area contributed by atoms with Gasteiger partial charge in [-0.15, -0.1) is 0 Å². The first-order chi connectivity index (χ1) is 9.26. The van der Waals surface area contributed by atoms with Crippen LogP contribution in [0.2, 0.25) is 0 Å². The van der Waals surface area contributed by atoms with Crippen molar-refractivity contribution in [2.24, 2.45) is 0 Å². The van der Waals surface area contributed by atoms with Crippen LogP contribution in [0.15, 0.2) is 11.1 Å². The maximum absolute atomic E-state index is 12.2. The van der Waals surface area contributed by atoms with Crippen molar-refractivity contribution >= 4 is 26.6 Å². The molecule has 9 heteroatoms. The van der Waals surface area contributed by atoms with E-state index in [-0.39, 0.29) is 16.8 Å². The smallest absolute Gasteiger partial charge is 0.246 e. The van der Waals surface area contributed by atoms with Crippen molar-refractivity contribution in [3.63, 3.8) is 0 Å². The Morgan fingerprint density at radius 1 is 1.55 bits per heavy atom. The van der Waals surface area contributed by atoms with Gasteiger partial charge in [0.2, 0.25) is 10.0 Å². The van der Waals surface area contributed by atoms with Crippen LogP contribution in [0.1, 0.15) is 26.7 Å². The fraction of sp³-hybridized carbons (Fsp3) is 0.727. The van der Waals surface area contributed by atoms with E-state index in [2.05, 4.69) is 9.82 Å². The molecule has 20 heavy (non-hydrogen) atoms. The van der Waals surface area contributed by atoms with Crippen molar-refractivity contribution in [2.45, 2.75) is 44.2 Å². The second-order valence-electron chi connectivity index (χ2n) is 4.73. The summed E-state index contributed by atoms with van der Waals surface area (Å²) < 4.78 is 39.5. The highest BCUT2D eigenvalue weighted by molar-refractivity contribution is 7.89. The first-order valence-electron chi connectivity index (χ1n) is 6.41. The van der Waals surface area contributed by atoms with Crippen molar-refractivity contribution in [3.8, 4) is 0 Å². The van der Waals surface area contributed by atoms with Gasteiger partial charge < -0.3 is 5.73 Å². The van der Waals surface area contributed by atoms with Gasteiger partial charge in [0.1, 0.15) is 4.90 Å². The van der Waals surface area contributed by atoms with Crippen molar-refractivity contribution in [2.75, 3.05) is 17.7 Å². The van der Waals surface area contributed by atoms with Crippen LogP contribution in [0.4, 0.5) is 5.82 Å². The van der Waals surface area contributed by atoms with Crippen molar-refractivity contribution in [1.82, 2.24) is 14.5 Å². The Hall–Kier alpha value is -0.930. The van der Waals surface area contributed by atoms with Crippen LogP contribution in [-0.2, 0) is 27.4 Å². The van der Waals surface area contributed by atoms with E-state index in [0.717, 1.165) is 6.42 Å². The molecule has 0 saturated heterocycles. The summed E-state index contributed by atoms with van der Waals surface area (Å²) >= 11 is 0. The second-order valence-corrected chi connectivity index (χ2v) is 7.97. The first-order valence-corrected chi connectivity index (χ1v) is 9.62. The topological polar surface area (TPSA) is 107 Å². The summed E-state index contributed by atoms with van der Waals surface area (Å²) in [6, 6.07) is -0.308. The molecule has 0 saturated carbocycles. The second kappa shape index (κ2) is 7.19. The number of sulfonamides is 1. The van der Waals surface area contributed by atoms with E-state index in [1.54, 1.807) is 13.2 Å². The molecule has 0 amide bonds. The number of aromatic nitrogens is 2. The molecule has 1 aromatic heterocycles. The summed E-state index contributed by atoms with van der Waals surface area (Å²) in [5.41, 5.74) is 5.66. The summed E-state index contributed by atoms with van der Waals surface area (Å²) in [4.78, 5) is -0.00424. The summed E-state index contributed by atoms with van der Waals surface area (Å²) in [5.74, 6) is 0.450. The molecule has 7 nitrogen and oxygen atoms in total. The van der Waals surface area contributed by atoms with Gasteiger partial charge in [-0.2, -0.15) is 5.10 Å². The maximum Gasteiger partial charge on any atom is 0.246 e. The fourth-order valence-corrected chi connectivity index (χ4v) is 3.74. The zero-order chi connectivity index (χ0) is 15.3. The van der Waals surface area contributed by atoms with Gasteiger partial charge in [-0.05, 0) is 19.8 Å². The zero-order valence-electron chi connectivity index (χ0n) is 12.0. The Bertz CT molecular complexity index is 568. The Kier molecular flexibility index (Phi) is 6.15. The number of nitrogen functional groups attached to an aromatic ring is 1. The lowest BCUT2D eigenvalue weighted by molar-refractivity contribution is 0.555. The molecule has 2 unspecified atom stereocenters. The lowest BCUT2D eigenvalue weighted by Crippen LogP contribution is -2.33. The lowest BCUT2D eigenvalue weighted by Gasteiger charge is -2.12. The van der Waals surface area contributed by atoms with E-state index in [9.17, 15) is 12.6 Å². The van der Waals surface area contributed by atoms with Crippen LogP contribution in [0.3, 0.4) is 0 Å². The van der Waals surface area contributed by atoms with E-state index in [4.69, 9.17) is 5.73 Å². The van der Waals surface area contributed by atoms with Gasteiger partial charge in [-0.25, -0.2) is 13.1 Å². The standard InChI is InChI=1S/C11H22N4O3S2/c1-4-6-15-8-10(11(12)13-15)20(17,18)14-9(2)5-7-19(3)16/h8-9,14H,4-7H2,1-3H3,(H2,12,13). The number of anilines is 1. The Labute approximate surface area is 122 Å². The highest BCUT2D eigenvalue weighted by Gasteiger charge is 2.23. The zero-order valence-corrected chi connectivity index (χ0v) is 13.6. The van der Waals surface area contributed by atoms with Gasteiger partial charge in [0.05, 0.1) is 0 Å². The van der Waals surface area contributed by atoms with Gasteiger partial charge in [0.25, 0.3) is 0 Å². The number of hydrogen-bond acceptors (Lipinski definition) is 5. The first kappa shape index (κ1) is 17.1. The van der Waals surface area contributed by atoms with Gasteiger partial charge >= 0.3 is 0 Å². The minimum atomic E-state index is -3.69. The largest absolute Gasteiger partial charge is 0.381 e. The van der Waals surface area contributed by atoms with Crippen molar-refractivity contribution in [1.29, 1.82) is 0 Å². The van der Waals surface area contributed by atoms with E-state index in [1.807, 2.05) is 6.92 Å². The number of hydrogen-bond donors (Lipinski definition) is 2. The molecular weight excluding hydrogens is 300 g/mol. The number of nitrogens with one attached hydrogen (secondary N) is 1. The molecule has 0 aromatic carbocycles. The molecular formula is C11H22N4O3S2. The minimum absolute atomic E-state index is 0.00258. The third kappa shape index (κ3) is 4.88. The highest BCUT2D eigenvalue weighted by atomic mass is 32.2. The molecule has 116 valence electrons. The van der Waals surface area contributed by atoms with Crippen LogP contribution in [-0.4, -0.2) is 40.5 Å². The van der Waals surface area contributed by atoms with Crippen LogP contribution in [0.25, 0.3) is 0 Å². The average molecular weight is 322 g/mol. The van der Waals surface area contributed by atoms with Gasteiger partial charge in [-0.3, -0.25) is 8.89 Å². The average Bonchev–Trinajstić information content (AvgIpc) is 2.68. The SMILES string of the molecule is CCCn1cc(S(=O)(=O)NC(C)CCS(C)=O)c(N)n1. The van der Waals surface area contributed by atoms with Crippen LogP contribution < -0.4 is 10.5 Å². The molecule has 0 aliphatic heterocycles. The molecule has 0 fully saturated rings. The predicted octanol–water partition coefficient (Wildman–Crippen LogP) is 0.311. The van der Waals surface area contributed by atoms with Crippen molar-refractivity contribution in [3.05, 3.63) is 6.20 Å². The number of nitrogens with two attached hydrogens (primary N) is 1. The number of nitrogens with zero attached hydrogens (tertiary/aromatic N) is 2. The third-order valence-corrected chi connectivity index (χ3v) is 5.11. The van der Waals surface area contributed by atoms with E-state index in [1.165, 1.54) is 10.9 Å². The molecule has 2 atom stereocenters. The molecule has 0 spiro atoms. The number of rotatable bonds is 8. The summed E-state index contributed by atoms with van der Waals surface area (Å²) in [7, 11) is -4.63. The summed E-state index contributed by atoms with van der Waals surface area (Å²) in [5, 5.41) is 3.97. The van der Waals surface area contributed by atoms with Crippen LogP contribution in [0.5, 0.6) is 0 Å². The Balaban J connectivity index is 2.80. The summed E-state index contributed by atoms with van der Waals surface area (Å²) in [6.45, 7) is 4.32. The fourth-order valence-electron chi connectivity index (χ4n) is 1.70. The highest BCUT2D eigenvalue weighted by Crippen LogP contribution is 2.17. The molecule has 0 radical (unpaired) electrons. The number of aryl methyl sites for hydroxylation is 1. The van der Waals surface area contributed by atoms with Gasteiger partial charge in [0.15, 0.2) is 5.82 Å². The normalized spacial score (nSPS) is 15.2. The monoisotopic (exact) mass is 322 g/mol. The van der Waals surface area contributed by atoms with E-state index >= 15 is 0 Å². The molecule has 1 heterocycles. The van der Waals surface area contributed by atoms with Crippen LogP contribution >= 0.6 is 0 Å². The molecule has 3 N–H and O–H groups in total. The molecule has 0 bridgehead atoms. The minimum Gasteiger partial charge on any atom is -0.381 e. The van der Waals surface area contributed by atoms with Gasteiger partial charge in [-0.1, -0.05) is 6.92 Å². The Morgan fingerprint density at radius 3 is 2.75 bits per heavy atom. The lowest BCUT2D eigenvalue weighted by atomic mass is 10.3. The van der Waals surface area contributed by atoms with Gasteiger partial charge in [0, 0.05) is 41.6 Å². The quantitative estimate of drug-likeness (QED) is 0.716. The van der Waals surface area contributed by atoms with Crippen LogP contribution in [0, 0.1) is 0 Å². The van der Waals surface area contributed by atoms with E-state index < -0.39 is 20.8 Å². The molecule has 1 rings (SSSR count). The third-order valence-electron chi connectivity index (χ3n) is 2.69.